The lowest BCUT2D eigenvalue weighted by molar-refractivity contribution is -0.00158. The van der Waals surface area contributed by atoms with E-state index in [1.807, 2.05) is 26.8 Å². The van der Waals surface area contributed by atoms with Crippen molar-refractivity contribution in [1.82, 2.24) is 9.97 Å². The fraction of sp³-hybridized carbons (Fsp3) is 0.600. The maximum Gasteiger partial charge on any atom is 0.130 e. The topological polar surface area (TPSA) is 35.0 Å². The van der Waals surface area contributed by atoms with Gasteiger partial charge in [0.1, 0.15) is 5.82 Å². The van der Waals surface area contributed by atoms with E-state index in [9.17, 15) is 0 Å². The molecule has 72 valence electrons. The van der Waals surface area contributed by atoms with Gasteiger partial charge in [-0.25, -0.2) is 9.97 Å². The van der Waals surface area contributed by atoms with E-state index >= 15 is 0 Å². The summed E-state index contributed by atoms with van der Waals surface area (Å²) in [5.41, 5.74) is -0.0746. The van der Waals surface area contributed by atoms with Crippen LogP contribution < -0.4 is 0 Å². The zero-order valence-electron chi connectivity index (χ0n) is 8.45. The smallest absolute Gasteiger partial charge is 0.130 e. The van der Waals surface area contributed by atoms with Crippen molar-refractivity contribution in [3.8, 4) is 0 Å². The van der Waals surface area contributed by atoms with Crippen LogP contribution in [0.2, 0.25) is 0 Å². The zero-order chi connectivity index (χ0) is 9.73. The van der Waals surface area contributed by atoms with Crippen molar-refractivity contribution in [2.45, 2.75) is 32.8 Å². The van der Waals surface area contributed by atoms with Crippen LogP contribution in [-0.2, 0) is 11.2 Å². The van der Waals surface area contributed by atoms with Gasteiger partial charge in [-0.2, -0.15) is 0 Å². The van der Waals surface area contributed by atoms with Gasteiger partial charge in [0.15, 0.2) is 0 Å². The Bertz CT molecular complexity index is 241. The summed E-state index contributed by atoms with van der Waals surface area (Å²) in [6.07, 6.45) is 4.27. The molecule has 0 aromatic carbocycles. The third kappa shape index (κ3) is 4.58. The first kappa shape index (κ1) is 10.1. The van der Waals surface area contributed by atoms with Gasteiger partial charge in [-0.1, -0.05) is 0 Å². The summed E-state index contributed by atoms with van der Waals surface area (Å²) < 4.78 is 5.55. The van der Waals surface area contributed by atoms with Gasteiger partial charge in [0.25, 0.3) is 0 Å². The largest absolute Gasteiger partial charge is 0.375 e. The Kier molecular flexibility index (Phi) is 3.37. The summed E-state index contributed by atoms with van der Waals surface area (Å²) in [6, 6.07) is 1.81. The van der Waals surface area contributed by atoms with E-state index in [1.54, 1.807) is 12.4 Å². The Hall–Kier alpha value is -0.960. The van der Waals surface area contributed by atoms with Crippen LogP contribution in [0.15, 0.2) is 18.5 Å². The highest BCUT2D eigenvalue weighted by Gasteiger charge is 2.09. The highest BCUT2D eigenvalue weighted by atomic mass is 16.5. The van der Waals surface area contributed by atoms with Crippen LogP contribution in [0, 0.1) is 0 Å². The molecular formula is C10H16N2O. The van der Waals surface area contributed by atoms with E-state index in [0.717, 1.165) is 12.2 Å². The third-order valence-corrected chi connectivity index (χ3v) is 1.48. The standard InChI is InChI=1S/C10H16N2O/c1-10(2,3)13-8-5-9-11-6-4-7-12-9/h4,6-7H,5,8H2,1-3H3. The van der Waals surface area contributed by atoms with E-state index in [4.69, 9.17) is 4.74 Å². The van der Waals surface area contributed by atoms with Crippen molar-refractivity contribution in [1.29, 1.82) is 0 Å². The Balaban J connectivity index is 2.29. The number of ether oxygens (including phenoxy) is 1. The molecule has 13 heavy (non-hydrogen) atoms. The molecule has 0 aliphatic heterocycles. The molecule has 0 unspecified atom stereocenters. The molecule has 0 fully saturated rings. The fourth-order valence-electron chi connectivity index (χ4n) is 0.908. The average Bonchev–Trinajstić information content (AvgIpc) is 2.04. The number of rotatable bonds is 3. The molecule has 0 saturated carbocycles. The van der Waals surface area contributed by atoms with Gasteiger partial charge in [0, 0.05) is 18.8 Å². The van der Waals surface area contributed by atoms with Crippen molar-refractivity contribution in [3.63, 3.8) is 0 Å². The lowest BCUT2D eigenvalue weighted by Crippen LogP contribution is -2.20. The Morgan fingerprint density at radius 2 is 1.85 bits per heavy atom. The number of hydrogen-bond acceptors (Lipinski definition) is 3. The van der Waals surface area contributed by atoms with E-state index in [1.165, 1.54) is 0 Å². The predicted octanol–water partition coefficient (Wildman–Crippen LogP) is 1.83. The minimum Gasteiger partial charge on any atom is -0.375 e. The second kappa shape index (κ2) is 4.33. The highest BCUT2D eigenvalue weighted by molar-refractivity contribution is 4.88. The fourth-order valence-corrected chi connectivity index (χ4v) is 0.908. The molecule has 3 nitrogen and oxygen atoms in total. The van der Waals surface area contributed by atoms with E-state index in [0.29, 0.717) is 6.61 Å². The molecule has 3 heteroatoms. The van der Waals surface area contributed by atoms with Crippen molar-refractivity contribution in [2.24, 2.45) is 0 Å². The molecule has 0 spiro atoms. The number of aromatic nitrogens is 2. The molecule has 0 N–H and O–H groups in total. The third-order valence-electron chi connectivity index (χ3n) is 1.48. The highest BCUT2D eigenvalue weighted by Crippen LogP contribution is 2.06. The number of hydrogen-bond donors (Lipinski definition) is 0. The molecule has 0 aliphatic carbocycles. The van der Waals surface area contributed by atoms with Crippen LogP contribution in [0.5, 0.6) is 0 Å². The van der Waals surface area contributed by atoms with E-state index in [-0.39, 0.29) is 5.60 Å². The molecule has 0 amide bonds. The van der Waals surface area contributed by atoms with E-state index < -0.39 is 0 Å². The summed E-state index contributed by atoms with van der Waals surface area (Å²) in [7, 11) is 0. The van der Waals surface area contributed by atoms with Crippen molar-refractivity contribution < 1.29 is 4.74 Å². The lowest BCUT2D eigenvalue weighted by Gasteiger charge is -2.18. The molecule has 1 aromatic rings. The Morgan fingerprint density at radius 1 is 1.23 bits per heavy atom. The Morgan fingerprint density at radius 3 is 2.38 bits per heavy atom. The van der Waals surface area contributed by atoms with Crippen LogP contribution in [0.1, 0.15) is 26.6 Å². The summed E-state index contributed by atoms with van der Waals surface area (Å²) >= 11 is 0. The summed E-state index contributed by atoms with van der Waals surface area (Å²) in [5.74, 6) is 0.840. The predicted molar refractivity (Wildman–Crippen MR) is 51.4 cm³/mol. The van der Waals surface area contributed by atoms with Crippen LogP contribution in [0.25, 0.3) is 0 Å². The zero-order valence-corrected chi connectivity index (χ0v) is 8.45. The molecule has 0 atom stereocenters. The monoisotopic (exact) mass is 180 g/mol. The van der Waals surface area contributed by atoms with Crippen molar-refractivity contribution in [2.75, 3.05) is 6.61 Å². The van der Waals surface area contributed by atoms with Gasteiger partial charge in [0.2, 0.25) is 0 Å². The molecule has 0 radical (unpaired) electrons. The lowest BCUT2D eigenvalue weighted by atomic mass is 10.2. The molecule has 0 saturated heterocycles. The van der Waals surface area contributed by atoms with Gasteiger partial charge < -0.3 is 4.74 Å². The molecule has 1 heterocycles. The quantitative estimate of drug-likeness (QED) is 0.711. The first-order valence-electron chi connectivity index (χ1n) is 4.48. The molecular weight excluding hydrogens is 164 g/mol. The molecule has 1 aromatic heterocycles. The van der Waals surface area contributed by atoms with Crippen LogP contribution in [0.4, 0.5) is 0 Å². The van der Waals surface area contributed by atoms with Crippen LogP contribution in [-0.4, -0.2) is 22.2 Å². The summed E-state index contributed by atoms with van der Waals surface area (Å²) in [5, 5.41) is 0. The van der Waals surface area contributed by atoms with E-state index in [2.05, 4.69) is 9.97 Å². The van der Waals surface area contributed by atoms with Gasteiger partial charge >= 0.3 is 0 Å². The SMILES string of the molecule is CC(C)(C)OCCc1ncccn1. The maximum absolute atomic E-state index is 5.55. The second-order valence-electron chi connectivity index (χ2n) is 3.88. The normalized spacial score (nSPS) is 11.6. The Labute approximate surface area is 79.2 Å². The molecule has 1 rings (SSSR count). The van der Waals surface area contributed by atoms with Crippen LogP contribution >= 0.6 is 0 Å². The summed E-state index contributed by atoms with van der Waals surface area (Å²) in [6.45, 7) is 6.80. The average molecular weight is 180 g/mol. The van der Waals surface area contributed by atoms with Crippen molar-refractivity contribution in [3.05, 3.63) is 24.3 Å². The first-order valence-corrected chi connectivity index (χ1v) is 4.48. The second-order valence-corrected chi connectivity index (χ2v) is 3.88. The minimum atomic E-state index is -0.0746. The van der Waals surface area contributed by atoms with Gasteiger partial charge in [-0.05, 0) is 26.8 Å². The van der Waals surface area contributed by atoms with Gasteiger partial charge in [-0.3, -0.25) is 0 Å². The molecule has 0 aliphatic rings. The van der Waals surface area contributed by atoms with Gasteiger partial charge in [-0.15, -0.1) is 0 Å². The maximum atomic E-state index is 5.55. The first-order chi connectivity index (χ1) is 6.08. The summed E-state index contributed by atoms with van der Waals surface area (Å²) in [4.78, 5) is 8.21. The van der Waals surface area contributed by atoms with Gasteiger partial charge in [0.05, 0.1) is 12.2 Å². The molecule has 0 bridgehead atoms. The van der Waals surface area contributed by atoms with Crippen molar-refractivity contribution >= 4 is 0 Å². The van der Waals surface area contributed by atoms with Crippen LogP contribution in [0.3, 0.4) is 0 Å². The number of nitrogens with zero attached hydrogens (tertiary/aromatic N) is 2. The minimum absolute atomic E-state index is 0.0746.